The molecule has 1 aromatic rings. The number of nitrogens with one attached hydrogen (secondary N) is 1. The maximum atomic E-state index is 13.1. The molecular formula is C11H15ClFNS. The second-order valence-electron chi connectivity index (χ2n) is 3.58. The molecule has 0 atom stereocenters. The third-order valence-electron chi connectivity index (χ3n) is 2.55. The van der Waals surface area contributed by atoms with Gasteiger partial charge in [0.1, 0.15) is 5.82 Å². The van der Waals surface area contributed by atoms with Gasteiger partial charge in [-0.1, -0.05) is 6.08 Å². The van der Waals surface area contributed by atoms with Gasteiger partial charge in [0.15, 0.2) is 0 Å². The van der Waals surface area contributed by atoms with Gasteiger partial charge in [0.25, 0.3) is 0 Å². The summed E-state index contributed by atoms with van der Waals surface area (Å²) in [5.74, 6) is 0.526. The predicted octanol–water partition coefficient (Wildman–Crippen LogP) is 3.32. The molecule has 84 valence electrons. The minimum absolute atomic E-state index is 0. The van der Waals surface area contributed by atoms with Crippen molar-refractivity contribution in [2.75, 3.05) is 13.1 Å². The molecule has 1 fully saturated rings. The highest BCUT2D eigenvalue weighted by atomic mass is 35.5. The highest BCUT2D eigenvalue weighted by Gasteiger charge is 2.09. The molecule has 1 nitrogen and oxygen atoms in total. The van der Waals surface area contributed by atoms with Crippen LogP contribution in [0.5, 0.6) is 0 Å². The standard InChI is InChI=1S/C11H14FNS.ClH/c12-10-5-8-14-11(10)2-1-9-3-6-13-7-4-9;/h1-2,5,8-9,13H,3-4,6-7H2;1H/b2-1+;. The summed E-state index contributed by atoms with van der Waals surface area (Å²) in [6.07, 6.45) is 6.42. The molecule has 0 unspecified atom stereocenters. The lowest BCUT2D eigenvalue weighted by Gasteiger charge is -2.18. The lowest BCUT2D eigenvalue weighted by molar-refractivity contribution is 0.438. The highest BCUT2D eigenvalue weighted by Crippen LogP contribution is 2.20. The molecule has 1 aliphatic heterocycles. The maximum Gasteiger partial charge on any atom is 0.141 e. The van der Waals surface area contributed by atoms with Gasteiger partial charge in [-0.05, 0) is 49.4 Å². The fourth-order valence-electron chi connectivity index (χ4n) is 1.68. The zero-order valence-electron chi connectivity index (χ0n) is 8.41. The van der Waals surface area contributed by atoms with Crippen LogP contribution in [0.1, 0.15) is 17.7 Å². The lowest BCUT2D eigenvalue weighted by atomic mass is 9.98. The summed E-state index contributed by atoms with van der Waals surface area (Å²) in [5.41, 5.74) is 0. The Labute approximate surface area is 99.8 Å². The van der Waals surface area contributed by atoms with Gasteiger partial charge in [-0.25, -0.2) is 4.39 Å². The minimum atomic E-state index is -0.0971. The number of piperidine rings is 1. The summed E-state index contributed by atoms with van der Waals surface area (Å²) < 4.78 is 13.1. The average molecular weight is 248 g/mol. The Morgan fingerprint density at radius 3 is 2.73 bits per heavy atom. The molecule has 1 aliphatic rings. The molecule has 0 saturated carbocycles. The van der Waals surface area contributed by atoms with Gasteiger partial charge in [0.05, 0.1) is 4.88 Å². The van der Waals surface area contributed by atoms with Gasteiger partial charge in [-0.2, -0.15) is 0 Å². The van der Waals surface area contributed by atoms with E-state index < -0.39 is 0 Å². The Hall–Kier alpha value is -0.380. The van der Waals surface area contributed by atoms with E-state index in [4.69, 9.17) is 0 Å². The van der Waals surface area contributed by atoms with Crippen molar-refractivity contribution in [1.29, 1.82) is 0 Å². The van der Waals surface area contributed by atoms with Crippen LogP contribution in [0.4, 0.5) is 4.39 Å². The SMILES string of the molecule is Cl.Fc1ccsc1/C=C/C1CCNCC1. The van der Waals surface area contributed by atoms with Crippen LogP contribution in [0.3, 0.4) is 0 Å². The summed E-state index contributed by atoms with van der Waals surface area (Å²) in [7, 11) is 0. The molecule has 0 bridgehead atoms. The second-order valence-corrected chi connectivity index (χ2v) is 4.53. The van der Waals surface area contributed by atoms with Crippen molar-refractivity contribution >= 4 is 29.8 Å². The third kappa shape index (κ3) is 3.59. The number of hydrogen-bond acceptors (Lipinski definition) is 2. The van der Waals surface area contributed by atoms with Crippen LogP contribution in [-0.4, -0.2) is 13.1 Å². The van der Waals surface area contributed by atoms with Gasteiger partial charge in [0, 0.05) is 0 Å². The minimum Gasteiger partial charge on any atom is -0.317 e. The van der Waals surface area contributed by atoms with Crippen molar-refractivity contribution in [2.24, 2.45) is 5.92 Å². The molecule has 0 spiro atoms. The van der Waals surface area contributed by atoms with Gasteiger partial charge in [0.2, 0.25) is 0 Å². The van der Waals surface area contributed by atoms with Crippen molar-refractivity contribution in [1.82, 2.24) is 5.32 Å². The smallest absolute Gasteiger partial charge is 0.141 e. The maximum absolute atomic E-state index is 13.1. The summed E-state index contributed by atoms with van der Waals surface area (Å²) >= 11 is 1.46. The Bertz CT molecular complexity index is 318. The first-order valence-electron chi connectivity index (χ1n) is 4.98. The fraction of sp³-hybridized carbons (Fsp3) is 0.455. The molecule has 0 aromatic carbocycles. The summed E-state index contributed by atoms with van der Waals surface area (Å²) in [6, 6.07) is 1.52. The zero-order valence-corrected chi connectivity index (χ0v) is 10.0. The van der Waals surface area contributed by atoms with Gasteiger partial charge in [-0.15, -0.1) is 23.7 Å². The van der Waals surface area contributed by atoms with E-state index in [1.165, 1.54) is 30.2 Å². The molecule has 1 aromatic heterocycles. The van der Waals surface area contributed by atoms with Gasteiger partial charge in [-0.3, -0.25) is 0 Å². The molecule has 15 heavy (non-hydrogen) atoms. The number of rotatable bonds is 2. The Balaban J connectivity index is 0.00000112. The molecular weight excluding hydrogens is 233 g/mol. The van der Waals surface area contributed by atoms with Gasteiger partial charge < -0.3 is 5.32 Å². The Kier molecular flexibility index (Phi) is 5.29. The van der Waals surface area contributed by atoms with E-state index in [1.54, 1.807) is 5.38 Å². The van der Waals surface area contributed by atoms with E-state index in [0.717, 1.165) is 18.0 Å². The van der Waals surface area contributed by atoms with Crippen molar-refractivity contribution in [2.45, 2.75) is 12.8 Å². The van der Waals surface area contributed by atoms with E-state index >= 15 is 0 Å². The molecule has 2 rings (SSSR count). The van der Waals surface area contributed by atoms with Gasteiger partial charge >= 0.3 is 0 Å². The predicted molar refractivity (Wildman–Crippen MR) is 66.2 cm³/mol. The first kappa shape index (κ1) is 12.7. The molecule has 1 saturated heterocycles. The molecule has 2 heterocycles. The van der Waals surface area contributed by atoms with E-state index in [9.17, 15) is 4.39 Å². The van der Waals surface area contributed by atoms with Crippen LogP contribution in [0, 0.1) is 11.7 Å². The normalized spacial score (nSPS) is 17.9. The van der Waals surface area contributed by atoms with E-state index in [2.05, 4.69) is 11.4 Å². The summed E-state index contributed by atoms with van der Waals surface area (Å²) in [5, 5.41) is 5.10. The molecule has 0 amide bonds. The molecule has 4 heteroatoms. The number of allylic oxidation sites excluding steroid dienone is 1. The largest absolute Gasteiger partial charge is 0.317 e. The number of halogens is 2. The van der Waals surface area contributed by atoms with E-state index in [1.807, 2.05) is 6.08 Å². The monoisotopic (exact) mass is 247 g/mol. The van der Waals surface area contributed by atoms with Crippen LogP contribution in [0.2, 0.25) is 0 Å². The fourth-order valence-corrected chi connectivity index (χ4v) is 2.36. The second kappa shape index (κ2) is 6.26. The Morgan fingerprint density at radius 2 is 2.13 bits per heavy atom. The van der Waals surface area contributed by atoms with Crippen LogP contribution in [-0.2, 0) is 0 Å². The van der Waals surface area contributed by atoms with Crippen molar-refractivity contribution in [3.63, 3.8) is 0 Å². The topological polar surface area (TPSA) is 12.0 Å². The van der Waals surface area contributed by atoms with Crippen LogP contribution < -0.4 is 5.32 Å². The first-order valence-corrected chi connectivity index (χ1v) is 5.86. The molecule has 1 N–H and O–H groups in total. The molecule has 0 radical (unpaired) electrons. The van der Waals surface area contributed by atoms with Crippen molar-refractivity contribution in [3.8, 4) is 0 Å². The Morgan fingerprint density at radius 1 is 1.40 bits per heavy atom. The van der Waals surface area contributed by atoms with Crippen LogP contribution in [0.25, 0.3) is 6.08 Å². The zero-order chi connectivity index (χ0) is 9.80. The van der Waals surface area contributed by atoms with Crippen LogP contribution in [0.15, 0.2) is 17.5 Å². The number of hydrogen-bond donors (Lipinski definition) is 1. The summed E-state index contributed by atoms with van der Waals surface area (Å²) in [4.78, 5) is 0.753. The number of thiophene rings is 1. The lowest BCUT2D eigenvalue weighted by Crippen LogP contribution is -2.26. The average Bonchev–Trinajstić information content (AvgIpc) is 2.63. The van der Waals surface area contributed by atoms with Crippen molar-refractivity contribution in [3.05, 3.63) is 28.2 Å². The first-order chi connectivity index (χ1) is 6.86. The third-order valence-corrected chi connectivity index (χ3v) is 3.41. The summed E-state index contributed by atoms with van der Waals surface area (Å²) in [6.45, 7) is 2.17. The highest BCUT2D eigenvalue weighted by molar-refractivity contribution is 7.10. The van der Waals surface area contributed by atoms with Crippen molar-refractivity contribution < 1.29 is 4.39 Å². The van der Waals surface area contributed by atoms with E-state index in [0.29, 0.717) is 5.92 Å². The van der Waals surface area contributed by atoms with E-state index in [-0.39, 0.29) is 18.2 Å². The quantitative estimate of drug-likeness (QED) is 0.846. The molecule has 0 aliphatic carbocycles. The van der Waals surface area contributed by atoms with Crippen LogP contribution >= 0.6 is 23.7 Å².